The molecule has 0 spiro atoms. The van der Waals surface area contributed by atoms with Crippen molar-refractivity contribution < 1.29 is 9.90 Å². The minimum Gasteiger partial charge on any atom is -0.396 e. The van der Waals surface area contributed by atoms with Crippen molar-refractivity contribution in [2.45, 2.75) is 53.0 Å². The van der Waals surface area contributed by atoms with E-state index in [9.17, 15) is 9.90 Å². The molecule has 24 heavy (non-hydrogen) atoms. The molecule has 1 aliphatic heterocycles. The highest BCUT2D eigenvalue weighted by molar-refractivity contribution is 5.93. The lowest BCUT2D eigenvalue weighted by molar-refractivity contribution is 0.0832. The molecule has 1 aliphatic rings. The maximum atomic E-state index is 12.2. The van der Waals surface area contributed by atoms with Crippen molar-refractivity contribution in [1.82, 2.24) is 10.3 Å². The Morgan fingerprint density at radius 3 is 2.79 bits per heavy atom. The van der Waals surface area contributed by atoms with Gasteiger partial charge in [0.15, 0.2) is 0 Å². The van der Waals surface area contributed by atoms with Crippen LogP contribution in [0.2, 0.25) is 0 Å². The van der Waals surface area contributed by atoms with Gasteiger partial charge in [-0.25, -0.2) is 0 Å². The minimum absolute atomic E-state index is 0.0456. The molecule has 2 rings (SSSR count). The molecule has 1 atom stereocenters. The molecule has 0 bridgehead atoms. The van der Waals surface area contributed by atoms with Gasteiger partial charge >= 0.3 is 0 Å². The van der Waals surface area contributed by atoms with Gasteiger partial charge in [0.2, 0.25) is 0 Å². The van der Waals surface area contributed by atoms with Crippen molar-refractivity contribution in [3.05, 3.63) is 24.0 Å². The number of carbonyl (C=O) groups is 1. The van der Waals surface area contributed by atoms with Gasteiger partial charge < -0.3 is 15.3 Å². The molecule has 2 N–H and O–H groups in total. The quantitative estimate of drug-likeness (QED) is 0.840. The van der Waals surface area contributed by atoms with Crippen LogP contribution in [-0.2, 0) is 0 Å². The zero-order chi connectivity index (χ0) is 17.7. The third-order valence-corrected chi connectivity index (χ3v) is 4.60. The van der Waals surface area contributed by atoms with Gasteiger partial charge in [-0.05, 0) is 51.2 Å². The summed E-state index contributed by atoms with van der Waals surface area (Å²) in [4.78, 5) is 18.7. The molecule has 0 radical (unpaired) electrons. The Morgan fingerprint density at radius 1 is 1.42 bits per heavy atom. The van der Waals surface area contributed by atoms with Crippen molar-refractivity contribution >= 4 is 11.6 Å². The monoisotopic (exact) mass is 333 g/mol. The van der Waals surface area contributed by atoms with E-state index < -0.39 is 0 Å². The highest BCUT2D eigenvalue weighted by Crippen LogP contribution is 2.37. The second-order valence-corrected chi connectivity index (χ2v) is 7.81. The summed E-state index contributed by atoms with van der Waals surface area (Å²) < 4.78 is 0. The van der Waals surface area contributed by atoms with E-state index in [1.54, 1.807) is 6.20 Å². The van der Waals surface area contributed by atoms with Crippen LogP contribution in [0.3, 0.4) is 0 Å². The standard InChI is InChI=1S/C19H31N3O2/c1-14(2)11-19(13-23)7-5-9-22(12-19)16-6-8-20-17(10-16)18(24)21-15(3)4/h6,8,10,14-15,23H,5,7,9,11-13H2,1-4H3,(H,21,24). The molecule has 1 fully saturated rings. The summed E-state index contributed by atoms with van der Waals surface area (Å²) in [6, 6.07) is 3.90. The van der Waals surface area contributed by atoms with Crippen molar-refractivity contribution in [2.24, 2.45) is 11.3 Å². The maximum absolute atomic E-state index is 12.2. The average Bonchev–Trinajstić information content (AvgIpc) is 2.54. The van der Waals surface area contributed by atoms with E-state index in [1.807, 2.05) is 26.0 Å². The molecule has 0 saturated carbocycles. The van der Waals surface area contributed by atoms with Gasteiger partial charge in [-0.2, -0.15) is 0 Å². The molecule has 134 valence electrons. The summed E-state index contributed by atoms with van der Waals surface area (Å²) >= 11 is 0. The van der Waals surface area contributed by atoms with E-state index >= 15 is 0 Å². The highest BCUT2D eigenvalue weighted by Gasteiger charge is 2.35. The molecule has 1 unspecified atom stereocenters. The Balaban J connectivity index is 2.17. The second-order valence-electron chi connectivity index (χ2n) is 7.81. The number of hydrogen-bond donors (Lipinski definition) is 2. The summed E-state index contributed by atoms with van der Waals surface area (Å²) in [5.74, 6) is 0.418. The third-order valence-electron chi connectivity index (χ3n) is 4.60. The fourth-order valence-corrected chi connectivity index (χ4v) is 3.73. The molecule has 0 aromatic carbocycles. The Labute approximate surface area is 145 Å². The van der Waals surface area contributed by atoms with E-state index in [0.29, 0.717) is 11.6 Å². The number of pyridine rings is 1. The number of aromatic nitrogens is 1. The number of anilines is 1. The molecule has 1 saturated heterocycles. The predicted octanol–water partition coefficient (Wildman–Crippen LogP) is 2.84. The van der Waals surface area contributed by atoms with Gasteiger partial charge in [0.05, 0.1) is 6.61 Å². The SMILES string of the molecule is CC(C)CC1(CO)CCCN(c2ccnc(C(=O)NC(C)C)c2)C1. The summed E-state index contributed by atoms with van der Waals surface area (Å²) in [6.07, 6.45) is 4.83. The first-order valence-electron chi connectivity index (χ1n) is 8.98. The number of aliphatic hydroxyl groups excluding tert-OH is 1. The molecular weight excluding hydrogens is 302 g/mol. The summed E-state index contributed by atoms with van der Waals surface area (Å²) in [5.41, 5.74) is 1.42. The van der Waals surface area contributed by atoms with Crippen molar-refractivity contribution in [3.8, 4) is 0 Å². The molecular formula is C19H31N3O2. The number of piperidine rings is 1. The Hall–Kier alpha value is -1.62. The number of hydrogen-bond acceptors (Lipinski definition) is 4. The Kier molecular flexibility index (Phi) is 6.21. The Morgan fingerprint density at radius 2 is 2.17 bits per heavy atom. The highest BCUT2D eigenvalue weighted by atomic mass is 16.3. The topological polar surface area (TPSA) is 65.5 Å². The van der Waals surface area contributed by atoms with E-state index in [-0.39, 0.29) is 24.0 Å². The van der Waals surface area contributed by atoms with Gasteiger partial charge in [-0.1, -0.05) is 13.8 Å². The van der Waals surface area contributed by atoms with Crippen LogP contribution in [0.25, 0.3) is 0 Å². The molecule has 2 heterocycles. The smallest absolute Gasteiger partial charge is 0.270 e. The number of nitrogens with one attached hydrogen (secondary N) is 1. The largest absolute Gasteiger partial charge is 0.396 e. The van der Waals surface area contributed by atoms with Crippen LogP contribution in [0.15, 0.2) is 18.3 Å². The van der Waals surface area contributed by atoms with E-state index in [1.165, 1.54) is 0 Å². The summed E-state index contributed by atoms with van der Waals surface area (Å²) in [5, 5.41) is 12.9. The van der Waals surface area contributed by atoms with Crippen LogP contribution in [0.5, 0.6) is 0 Å². The van der Waals surface area contributed by atoms with Crippen LogP contribution in [0, 0.1) is 11.3 Å². The van der Waals surface area contributed by atoms with Crippen LogP contribution < -0.4 is 10.2 Å². The van der Waals surface area contributed by atoms with Crippen LogP contribution in [0.4, 0.5) is 5.69 Å². The Bertz CT molecular complexity index is 559. The van der Waals surface area contributed by atoms with Crippen LogP contribution in [0.1, 0.15) is 57.4 Å². The average molecular weight is 333 g/mol. The van der Waals surface area contributed by atoms with Gasteiger partial charge in [-0.15, -0.1) is 0 Å². The van der Waals surface area contributed by atoms with Gasteiger partial charge in [0, 0.05) is 36.4 Å². The molecule has 0 aliphatic carbocycles. The number of amides is 1. The van der Waals surface area contributed by atoms with Crippen molar-refractivity contribution in [1.29, 1.82) is 0 Å². The molecule has 1 amide bonds. The fourth-order valence-electron chi connectivity index (χ4n) is 3.73. The number of nitrogens with zero attached hydrogens (tertiary/aromatic N) is 2. The summed E-state index contributed by atoms with van der Waals surface area (Å²) in [7, 11) is 0. The maximum Gasteiger partial charge on any atom is 0.270 e. The van der Waals surface area contributed by atoms with E-state index in [2.05, 4.69) is 29.0 Å². The van der Waals surface area contributed by atoms with Crippen LogP contribution in [-0.4, -0.2) is 41.7 Å². The first kappa shape index (κ1) is 18.7. The van der Waals surface area contributed by atoms with E-state index in [0.717, 1.165) is 38.0 Å². The lowest BCUT2D eigenvalue weighted by Gasteiger charge is -2.44. The lowest BCUT2D eigenvalue weighted by Crippen LogP contribution is -2.46. The minimum atomic E-state index is -0.139. The first-order valence-corrected chi connectivity index (χ1v) is 8.98. The predicted molar refractivity (Wildman–Crippen MR) is 97.3 cm³/mol. The number of aliphatic hydroxyl groups is 1. The molecule has 5 heteroatoms. The molecule has 1 aromatic rings. The fraction of sp³-hybridized carbons (Fsp3) is 0.684. The van der Waals surface area contributed by atoms with Gasteiger partial charge in [-0.3, -0.25) is 9.78 Å². The molecule has 1 aromatic heterocycles. The third kappa shape index (κ3) is 4.69. The van der Waals surface area contributed by atoms with Gasteiger partial charge in [0.1, 0.15) is 5.69 Å². The summed E-state index contributed by atoms with van der Waals surface area (Å²) in [6.45, 7) is 10.3. The first-order chi connectivity index (χ1) is 11.3. The van der Waals surface area contributed by atoms with Crippen LogP contribution >= 0.6 is 0 Å². The van der Waals surface area contributed by atoms with Gasteiger partial charge in [0.25, 0.3) is 5.91 Å². The zero-order valence-corrected chi connectivity index (χ0v) is 15.4. The van der Waals surface area contributed by atoms with E-state index in [4.69, 9.17) is 0 Å². The van der Waals surface area contributed by atoms with Crippen molar-refractivity contribution in [2.75, 3.05) is 24.6 Å². The number of rotatable bonds is 6. The normalized spacial score (nSPS) is 21.4. The second kappa shape index (κ2) is 7.97. The van der Waals surface area contributed by atoms with Crippen molar-refractivity contribution in [3.63, 3.8) is 0 Å². The zero-order valence-electron chi connectivity index (χ0n) is 15.4. The number of carbonyl (C=O) groups excluding carboxylic acids is 1. The molecule has 5 nitrogen and oxygen atoms in total. The lowest BCUT2D eigenvalue weighted by atomic mass is 9.74.